The summed E-state index contributed by atoms with van der Waals surface area (Å²) < 4.78 is 24.7. The van der Waals surface area contributed by atoms with Crippen LogP contribution in [0.1, 0.15) is 43.0 Å². The molecule has 1 aromatic rings. The van der Waals surface area contributed by atoms with Crippen LogP contribution < -0.4 is 10.7 Å². The second kappa shape index (κ2) is 7.22. The number of nitrogens with zero attached hydrogens (tertiary/aromatic N) is 1. The maximum Gasteiger partial charge on any atom is 0.344 e. The van der Waals surface area contributed by atoms with Crippen molar-refractivity contribution < 1.29 is 23.2 Å². The van der Waals surface area contributed by atoms with Gasteiger partial charge in [0.15, 0.2) is 0 Å². The second-order valence-corrected chi connectivity index (χ2v) is 7.74. The number of carbonyl (C=O) groups excluding carboxylic acids is 3. The molecule has 4 amide bonds. The normalized spacial score (nSPS) is 25.7. The van der Waals surface area contributed by atoms with Crippen LogP contribution in [-0.2, 0) is 4.79 Å². The first-order valence-corrected chi connectivity index (χ1v) is 9.21. The zero-order valence-corrected chi connectivity index (χ0v) is 14.9. The van der Waals surface area contributed by atoms with E-state index in [2.05, 4.69) is 17.7 Å². The zero-order chi connectivity index (χ0) is 18.9. The molecule has 26 heavy (non-hydrogen) atoms. The van der Waals surface area contributed by atoms with Crippen molar-refractivity contribution in [3.8, 4) is 0 Å². The lowest BCUT2D eigenvalue weighted by Gasteiger charge is -2.33. The fraction of sp³-hybridized carbons (Fsp3) is 0.471. The molecule has 1 saturated heterocycles. The SMILES string of the molecule is CC1CCC2(CC1)NC(=O)N(NC(=O)c1ccc(SC(F)F)cc1)C2=O. The summed E-state index contributed by atoms with van der Waals surface area (Å²) in [6, 6.07) is 4.87. The van der Waals surface area contributed by atoms with Crippen LogP contribution in [0.5, 0.6) is 0 Å². The predicted octanol–water partition coefficient (Wildman–Crippen LogP) is 3.15. The molecule has 0 radical (unpaired) electrons. The van der Waals surface area contributed by atoms with E-state index in [0.29, 0.717) is 35.4 Å². The van der Waals surface area contributed by atoms with Crippen LogP contribution in [0.4, 0.5) is 13.6 Å². The molecular weight excluding hydrogens is 364 g/mol. The number of hydrazine groups is 1. The third-order valence-electron chi connectivity index (χ3n) is 4.84. The van der Waals surface area contributed by atoms with Gasteiger partial charge in [0.05, 0.1) is 0 Å². The summed E-state index contributed by atoms with van der Waals surface area (Å²) in [5, 5.41) is 3.44. The highest BCUT2D eigenvalue weighted by Gasteiger charge is 2.52. The van der Waals surface area contributed by atoms with Gasteiger partial charge in [-0.3, -0.25) is 15.0 Å². The molecule has 1 spiro atoms. The minimum absolute atomic E-state index is 0.169. The number of hydrogen-bond donors (Lipinski definition) is 2. The number of halogens is 2. The lowest BCUT2D eigenvalue weighted by molar-refractivity contribution is -0.134. The number of hydrogen-bond acceptors (Lipinski definition) is 4. The molecular formula is C17H19F2N3O3S. The van der Waals surface area contributed by atoms with E-state index < -0.39 is 29.1 Å². The van der Waals surface area contributed by atoms with E-state index in [1.165, 1.54) is 24.3 Å². The smallest absolute Gasteiger partial charge is 0.322 e. The number of thioether (sulfide) groups is 1. The lowest BCUT2D eigenvalue weighted by Crippen LogP contribution is -2.51. The van der Waals surface area contributed by atoms with Gasteiger partial charge >= 0.3 is 6.03 Å². The van der Waals surface area contributed by atoms with Crippen LogP contribution in [0, 0.1) is 5.92 Å². The van der Waals surface area contributed by atoms with E-state index in [1.807, 2.05) is 0 Å². The number of imide groups is 1. The number of benzene rings is 1. The van der Waals surface area contributed by atoms with E-state index in [-0.39, 0.29) is 5.56 Å². The summed E-state index contributed by atoms with van der Waals surface area (Å²) in [4.78, 5) is 37.5. The van der Waals surface area contributed by atoms with Gasteiger partial charge in [0.25, 0.3) is 17.6 Å². The third-order valence-corrected chi connectivity index (χ3v) is 5.57. The van der Waals surface area contributed by atoms with Crippen molar-refractivity contribution in [2.45, 2.75) is 48.8 Å². The molecule has 1 aliphatic heterocycles. The lowest BCUT2D eigenvalue weighted by atomic mass is 9.77. The number of rotatable bonds is 4. The van der Waals surface area contributed by atoms with Gasteiger partial charge in [-0.25, -0.2) is 4.79 Å². The Morgan fingerprint density at radius 2 is 1.88 bits per heavy atom. The molecule has 2 fully saturated rings. The average molecular weight is 383 g/mol. The summed E-state index contributed by atoms with van der Waals surface area (Å²) in [6.07, 6.45) is 2.75. The molecule has 1 aliphatic carbocycles. The average Bonchev–Trinajstić information content (AvgIpc) is 2.82. The number of nitrogens with one attached hydrogen (secondary N) is 2. The van der Waals surface area contributed by atoms with Crippen LogP contribution in [0.2, 0.25) is 0 Å². The van der Waals surface area contributed by atoms with Gasteiger partial charge in [-0.2, -0.15) is 13.8 Å². The molecule has 0 bridgehead atoms. The van der Waals surface area contributed by atoms with Gasteiger partial charge in [0, 0.05) is 10.5 Å². The van der Waals surface area contributed by atoms with Crippen LogP contribution in [0.25, 0.3) is 0 Å². The predicted molar refractivity (Wildman–Crippen MR) is 91.5 cm³/mol. The van der Waals surface area contributed by atoms with Gasteiger partial charge in [-0.05, 0) is 55.9 Å². The zero-order valence-electron chi connectivity index (χ0n) is 14.1. The molecule has 2 N–H and O–H groups in total. The second-order valence-electron chi connectivity index (χ2n) is 6.68. The molecule has 9 heteroatoms. The Morgan fingerprint density at radius 3 is 2.46 bits per heavy atom. The number of alkyl halides is 2. The fourth-order valence-corrected chi connectivity index (χ4v) is 3.77. The molecule has 1 saturated carbocycles. The van der Waals surface area contributed by atoms with E-state index >= 15 is 0 Å². The number of amides is 4. The Bertz CT molecular complexity index is 718. The van der Waals surface area contributed by atoms with Gasteiger partial charge in [0.2, 0.25) is 0 Å². The summed E-state index contributed by atoms with van der Waals surface area (Å²) in [7, 11) is 0. The monoisotopic (exact) mass is 383 g/mol. The minimum Gasteiger partial charge on any atom is -0.322 e. The number of carbonyl (C=O) groups is 3. The minimum atomic E-state index is -2.55. The summed E-state index contributed by atoms with van der Waals surface area (Å²) in [5.41, 5.74) is 1.55. The quantitative estimate of drug-likeness (QED) is 0.618. The molecule has 0 unspecified atom stereocenters. The first kappa shape index (κ1) is 18.6. The summed E-state index contributed by atoms with van der Waals surface area (Å²) >= 11 is 0.374. The third kappa shape index (κ3) is 3.67. The standard InChI is InChI=1S/C17H19F2N3O3S/c1-10-6-8-17(9-7-10)14(24)22(16(25)20-17)21-13(23)11-2-4-12(5-3-11)26-15(18)19/h2-5,10,15H,6-9H2,1H3,(H,20,25)(H,21,23). The summed E-state index contributed by atoms with van der Waals surface area (Å²) in [5.74, 6) is -3.15. The number of urea groups is 1. The van der Waals surface area contributed by atoms with E-state index in [9.17, 15) is 23.2 Å². The molecule has 0 atom stereocenters. The van der Waals surface area contributed by atoms with E-state index in [1.54, 1.807) is 0 Å². The molecule has 3 rings (SSSR count). The molecule has 1 aromatic carbocycles. The highest BCUT2D eigenvalue weighted by Crippen LogP contribution is 2.35. The Morgan fingerprint density at radius 1 is 1.27 bits per heavy atom. The van der Waals surface area contributed by atoms with Crippen molar-refractivity contribution in [3.05, 3.63) is 29.8 Å². The molecule has 140 valence electrons. The molecule has 2 aliphatic rings. The first-order valence-electron chi connectivity index (χ1n) is 8.33. The van der Waals surface area contributed by atoms with Crippen molar-refractivity contribution in [3.63, 3.8) is 0 Å². The van der Waals surface area contributed by atoms with Crippen LogP contribution in [-0.4, -0.2) is 34.2 Å². The Hall–Kier alpha value is -2.16. The van der Waals surface area contributed by atoms with Crippen LogP contribution in [0.15, 0.2) is 29.2 Å². The van der Waals surface area contributed by atoms with Gasteiger partial charge in [0.1, 0.15) is 5.54 Å². The summed E-state index contributed by atoms with van der Waals surface area (Å²) in [6.45, 7) is 2.10. The van der Waals surface area contributed by atoms with Gasteiger partial charge in [-0.1, -0.05) is 18.7 Å². The van der Waals surface area contributed by atoms with Gasteiger partial charge < -0.3 is 5.32 Å². The van der Waals surface area contributed by atoms with Crippen molar-refractivity contribution in [1.29, 1.82) is 0 Å². The highest BCUT2D eigenvalue weighted by molar-refractivity contribution is 7.99. The largest absolute Gasteiger partial charge is 0.344 e. The fourth-order valence-electron chi connectivity index (χ4n) is 3.27. The molecule has 6 nitrogen and oxygen atoms in total. The maximum atomic E-state index is 12.7. The Balaban J connectivity index is 1.67. The molecule has 0 aromatic heterocycles. The molecule has 1 heterocycles. The van der Waals surface area contributed by atoms with Crippen molar-refractivity contribution >= 4 is 29.6 Å². The maximum absolute atomic E-state index is 12.7. The van der Waals surface area contributed by atoms with Crippen molar-refractivity contribution in [1.82, 2.24) is 15.8 Å². The van der Waals surface area contributed by atoms with E-state index in [4.69, 9.17) is 0 Å². The highest BCUT2D eigenvalue weighted by atomic mass is 32.2. The van der Waals surface area contributed by atoms with Crippen LogP contribution >= 0.6 is 11.8 Å². The Labute approximate surface area is 153 Å². The Kier molecular flexibility index (Phi) is 5.17. The van der Waals surface area contributed by atoms with Gasteiger partial charge in [-0.15, -0.1) is 0 Å². The van der Waals surface area contributed by atoms with Crippen molar-refractivity contribution in [2.75, 3.05) is 0 Å². The first-order chi connectivity index (χ1) is 12.3. The van der Waals surface area contributed by atoms with E-state index in [0.717, 1.165) is 17.9 Å². The van der Waals surface area contributed by atoms with Crippen LogP contribution in [0.3, 0.4) is 0 Å². The van der Waals surface area contributed by atoms with Crippen molar-refractivity contribution in [2.24, 2.45) is 5.92 Å². The topological polar surface area (TPSA) is 78.5 Å².